The van der Waals surface area contributed by atoms with E-state index in [9.17, 15) is 4.79 Å². The third-order valence-corrected chi connectivity index (χ3v) is 6.34. The van der Waals surface area contributed by atoms with Crippen molar-refractivity contribution in [1.82, 2.24) is 10.7 Å². The molecule has 0 amide bonds. The summed E-state index contributed by atoms with van der Waals surface area (Å²) in [6.45, 7) is 0. The third-order valence-electron chi connectivity index (χ3n) is 5.58. The van der Waals surface area contributed by atoms with E-state index >= 15 is 0 Å². The number of hydrazone groups is 1. The number of nitrogens with one attached hydrogen (secondary N) is 2. The fraction of sp³-hybridized carbons (Fsp3) is 0.240. The number of benzene rings is 3. The zero-order valence-corrected chi connectivity index (χ0v) is 20.1. The van der Waals surface area contributed by atoms with Gasteiger partial charge in [-0.2, -0.15) is 5.10 Å². The lowest BCUT2D eigenvalue weighted by Gasteiger charge is -2.23. The van der Waals surface area contributed by atoms with Crippen molar-refractivity contribution >= 4 is 63.5 Å². The van der Waals surface area contributed by atoms with E-state index < -0.39 is 5.97 Å². The first kappa shape index (κ1) is 23.5. The second-order valence-corrected chi connectivity index (χ2v) is 9.14. The van der Waals surface area contributed by atoms with Crippen molar-refractivity contribution in [3.05, 3.63) is 75.8 Å². The lowest BCUT2D eigenvalue weighted by molar-refractivity contribution is 0.0735. The molecule has 33 heavy (non-hydrogen) atoms. The minimum absolute atomic E-state index is 0.226. The van der Waals surface area contributed by atoms with Crippen molar-refractivity contribution in [2.75, 3.05) is 0 Å². The highest BCUT2D eigenvalue weighted by atomic mass is 35.5. The van der Waals surface area contributed by atoms with Crippen LogP contribution in [-0.2, 0) is 0 Å². The molecule has 0 spiro atoms. The number of ether oxygens (including phenoxy) is 1. The summed E-state index contributed by atoms with van der Waals surface area (Å²) in [4.78, 5) is 12.8. The van der Waals surface area contributed by atoms with Gasteiger partial charge in [0.05, 0.1) is 16.8 Å². The Kier molecular flexibility index (Phi) is 7.81. The molecule has 1 fully saturated rings. The number of carbonyl (C=O) groups is 1. The van der Waals surface area contributed by atoms with Gasteiger partial charge in [-0.05, 0) is 60.1 Å². The molecular formula is C25H23Cl2N3O2S. The molecular weight excluding hydrogens is 477 g/mol. The molecule has 0 aliphatic heterocycles. The van der Waals surface area contributed by atoms with Crippen molar-refractivity contribution in [2.24, 2.45) is 5.10 Å². The van der Waals surface area contributed by atoms with Crippen molar-refractivity contribution in [3.8, 4) is 5.75 Å². The highest BCUT2D eigenvalue weighted by molar-refractivity contribution is 7.80. The molecule has 4 rings (SSSR count). The van der Waals surface area contributed by atoms with Crippen LogP contribution in [0.15, 0.2) is 59.7 Å². The molecule has 5 nitrogen and oxygen atoms in total. The van der Waals surface area contributed by atoms with E-state index in [0.29, 0.717) is 27.5 Å². The largest absolute Gasteiger partial charge is 0.422 e. The molecule has 0 atom stereocenters. The summed E-state index contributed by atoms with van der Waals surface area (Å²) in [5.74, 6) is -0.217. The maximum Gasteiger partial charge on any atom is 0.345 e. The van der Waals surface area contributed by atoms with E-state index in [2.05, 4.69) is 15.8 Å². The van der Waals surface area contributed by atoms with E-state index in [4.69, 9.17) is 40.2 Å². The number of esters is 1. The highest BCUT2D eigenvalue weighted by Crippen LogP contribution is 2.29. The molecule has 0 bridgehead atoms. The molecule has 170 valence electrons. The van der Waals surface area contributed by atoms with Crippen LogP contribution in [0.3, 0.4) is 0 Å². The summed E-state index contributed by atoms with van der Waals surface area (Å²) in [6.07, 6.45) is 7.55. The molecule has 0 saturated heterocycles. The maximum atomic E-state index is 12.8. The molecule has 0 heterocycles. The van der Waals surface area contributed by atoms with E-state index in [0.717, 1.165) is 23.6 Å². The molecule has 8 heteroatoms. The molecule has 1 aliphatic carbocycles. The fourth-order valence-corrected chi connectivity index (χ4v) is 4.63. The van der Waals surface area contributed by atoms with Crippen LogP contribution >= 0.6 is 35.4 Å². The van der Waals surface area contributed by atoms with Gasteiger partial charge in [0.15, 0.2) is 5.11 Å². The SMILES string of the molecule is O=C(Oc1ccc2ccccc2c1/C=N\NC(=S)NC1CCCCC1)c1ccc(Cl)cc1Cl. The fourth-order valence-electron chi connectivity index (χ4n) is 3.93. The summed E-state index contributed by atoms with van der Waals surface area (Å²) < 4.78 is 5.71. The summed E-state index contributed by atoms with van der Waals surface area (Å²) >= 11 is 17.5. The predicted molar refractivity (Wildman–Crippen MR) is 139 cm³/mol. The second-order valence-electron chi connectivity index (χ2n) is 7.89. The molecule has 1 aliphatic rings. The zero-order chi connectivity index (χ0) is 23.2. The summed E-state index contributed by atoms with van der Waals surface area (Å²) in [6, 6.07) is 16.5. The molecule has 3 aromatic carbocycles. The molecule has 0 aromatic heterocycles. The number of hydrogen-bond acceptors (Lipinski definition) is 4. The Hall–Kier alpha value is -2.67. The smallest absolute Gasteiger partial charge is 0.345 e. The van der Waals surface area contributed by atoms with Crippen LogP contribution in [0.2, 0.25) is 10.0 Å². The second kappa shape index (κ2) is 11.0. The van der Waals surface area contributed by atoms with Crippen LogP contribution in [-0.4, -0.2) is 23.3 Å². The van der Waals surface area contributed by atoms with Gasteiger partial charge >= 0.3 is 5.97 Å². The summed E-state index contributed by atoms with van der Waals surface area (Å²) in [5.41, 5.74) is 3.77. The van der Waals surface area contributed by atoms with E-state index in [1.54, 1.807) is 24.4 Å². The molecule has 0 radical (unpaired) electrons. The van der Waals surface area contributed by atoms with Crippen molar-refractivity contribution < 1.29 is 9.53 Å². The Bertz CT molecular complexity index is 1210. The lowest BCUT2D eigenvalue weighted by Crippen LogP contribution is -2.40. The van der Waals surface area contributed by atoms with Gasteiger partial charge in [-0.25, -0.2) is 4.79 Å². The van der Waals surface area contributed by atoms with Gasteiger partial charge in [0.1, 0.15) is 5.75 Å². The van der Waals surface area contributed by atoms with Crippen LogP contribution < -0.4 is 15.5 Å². The average Bonchev–Trinajstić information content (AvgIpc) is 2.80. The normalized spacial score (nSPS) is 14.4. The zero-order valence-electron chi connectivity index (χ0n) is 17.8. The minimum Gasteiger partial charge on any atom is -0.422 e. The Labute approximate surface area is 208 Å². The monoisotopic (exact) mass is 499 g/mol. The Balaban J connectivity index is 1.55. The number of hydrogen-bond donors (Lipinski definition) is 2. The first-order chi connectivity index (χ1) is 16.0. The number of halogens is 2. The van der Waals surface area contributed by atoms with Gasteiger partial charge in [0.2, 0.25) is 0 Å². The van der Waals surface area contributed by atoms with Crippen LogP contribution in [0.5, 0.6) is 5.75 Å². The molecule has 2 N–H and O–H groups in total. The Morgan fingerprint density at radius 2 is 1.85 bits per heavy atom. The first-order valence-electron chi connectivity index (χ1n) is 10.8. The van der Waals surface area contributed by atoms with Gasteiger partial charge in [0, 0.05) is 16.6 Å². The van der Waals surface area contributed by atoms with Crippen LogP contribution in [0.1, 0.15) is 48.0 Å². The summed E-state index contributed by atoms with van der Waals surface area (Å²) in [7, 11) is 0. The topological polar surface area (TPSA) is 62.7 Å². The number of fused-ring (bicyclic) bond motifs is 1. The van der Waals surface area contributed by atoms with Gasteiger partial charge in [-0.15, -0.1) is 0 Å². The quantitative estimate of drug-likeness (QED) is 0.138. The number of thiocarbonyl (C=S) groups is 1. The van der Waals surface area contributed by atoms with E-state index in [1.165, 1.54) is 25.3 Å². The van der Waals surface area contributed by atoms with Crippen molar-refractivity contribution in [2.45, 2.75) is 38.1 Å². The van der Waals surface area contributed by atoms with Gasteiger partial charge in [0.25, 0.3) is 0 Å². The van der Waals surface area contributed by atoms with Crippen LogP contribution in [0, 0.1) is 0 Å². The van der Waals surface area contributed by atoms with Crippen molar-refractivity contribution in [3.63, 3.8) is 0 Å². The van der Waals surface area contributed by atoms with Gasteiger partial charge in [-0.1, -0.05) is 72.8 Å². The Morgan fingerprint density at radius 1 is 1.06 bits per heavy atom. The molecule has 1 saturated carbocycles. The van der Waals surface area contributed by atoms with E-state index in [-0.39, 0.29) is 10.6 Å². The third kappa shape index (κ3) is 6.02. The number of nitrogens with zero attached hydrogens (tertiary/aromatic N) is 1. The average molecular weight is 500 g/mol. The van der Waals surface area contributed by atoms with Crippen LogP contribution in [0.25, 0.3) is 10.8 Å². The molecule has 3 aromatic rings. The summed E-state index contributed by atoms with van der Waals surface area (Å²) in [5, 5.41) is 10.7. The van der Waals surface area contributed by atoms with Crippen LogP contribution in [0.4, 0.5) is 0 Å². The van der Waals surface area contributed by atoms with Gasteiger partial charge in [-0.3, -0.25) is 5.43 Å². The van der Waals surface area contributed by atoms with Gasteiger partial charge < -0.3 is 10.1 Å². The molecule has 0 unspecified atom stereocenters. The highest BCUT2D eigenvalue weighted by Gasteiger charge is 2.17. The van der Waals surface area contributed by atoms with E-state index in [1.807, 2.05) is 30.3 Å². The minimum atomic E-state index is -0.580. The lowest BCUT2D eigenvalue weighted by atomic mass is 9.96. The number of carbonyl (C=O) groups excluding carboxylic acids is 1. The van der Waals surface area contributed by atoms with Crippen molar-refractivity contribution in [1.29, 1.82) is 0 Å². The standard InChI is InChI=1S/C25H23Cl2N3O2S/c26-17-11-12-20(22(27)14-17)24(31)32-23-13-10-16-6-4-5-9-19(16)21(23)15-28-30-25(33)29-18-7-2-1-3-8-18/h4-6,9-15,18H,1-3,7-8H2,(H2,29,30,33)/b28-15-. The maximum absolute atomic E-state index is 12.8. The number of rotatable bonds is 5. The Morgan fingerprint density at radius 3 is 2.64 bits per heavy atom. The predicted octanol–water partition coefficient (Wildman–Crippen LogP) is 6.50. The first-order valence-corrected chi connectivity index (χ1v) is 12.0.